The summed E-state index contributed by atoms with van der Waals surface area (Å²) in [5.74, 6) is 1.69. The normalized spacial score (nSPS) is 10.7. The number of hydrogen-bond acceptors (Lipinski definition) is 5. The fourth-order valence-corrected chi connectivity index (χ4v) is 2.48. The summed E-state index contributed by atoms with van der Waals surface area (Å²) in [5, 5.41) is 10.6. The van der Waals surface area contributed by atoms with Crippen molar-refractivity contribution in [2.75, 3.05) is 32.1 Å². The van der Waals surface area contributed by atoms with Crippen LogP contribution in [0.25, 0.3) is 0 Å². The number of benzene rings is 1. The monoisotopic (exact) mass is 282 g/mol. The second kappa shape index (κ2) is 7.91. The maximum absolute atomic E-state index is 11.9. The molecule has 104 valence electrons. The molecule has 0 aliphatic heterocycles. The lowest BCUT2D eigenvalue weighted by Gasteiger charge is -2.08. The van der Waals surface area contributed by atoms with Gasteiger partial charge in [-0.25, -0.2) is 0 Å². The molecule has 1 rings (SSSR count). The minimum atomic E-state index is -0.484. The van der Waals surface area contributed by atoms with E-state index in [2.05, 4.69) is 4.90 Å². The number of rotatable bonds is 8. The van der Waals surface area contributed by atoms with Crippen LogP contribution in [0.3, 0.4) is 0 Å². The Hall–Kier alpha value is -1.40. The van der Waals surface area contributed by atoms with E-state index < -0.39 is 4.92 Å². The number of nitro benzene ring substituents is 1. The number of carbonyl (C=O) groups excluding carboxylic acids is 1. The maximum atomic E-state index is 11.9. The molecule has 0 radical (unpaired) electrons. The van der Waals surface area contributed by atoms with Crippen molar-refractivity contribution in [2.45, 2.75) is 6.42 Å². The van der Waals surface area contributed by atoms with Gasteiger partial charge in [0, 0.05) is 42.2 Å². The third-order valence-corrected chi connectivity index (χ3v) is 3.50. The van der Waals surface area contributed by atoms with E-state index in [0.717, 1.165) is 18.1 Å². The maximum Gasteiger partial charge on any atom is 0.270 e. The minimum Gasteiger partial charge on any atom is -0.309 e. The minimum absolute atomic E-state index is 0.0360. The van der Waals surface area contributed by atoms with E-state index in [-0.39, 0.29) is 11.5 Å². The molecule has 6 heteroatoms. The number of ketones is 1. The number of non-ortho nitro benzene ring substituents is 1. The van der Waals surface area contributed by atoms with E-state index in [4.69, 9.17) is 0 Å². The van der Waals surface area contributed by atoms with E-state index in [1.165, 1.54) is 12.1 Å². The summed E-state index contributed by atoms with van der Waals surface area (Å²) in [4.78, 5) is 24.1. The molecule has 0 atom stereocenters. The largest absolute Gasteiger partial charge is 0.309 e. The van der Waals surface area contributed by atoms with Crippen molar-refractivity contribution in [2.24, 2.45) is 0 Å². The van der Waals surface area contributed by atoms with E-state index in [1.54, 1.807) is 23.9 Å². The topological polar surface area (TPSA) is 63.5 Å². The summed E-state index contributed by atoms with van der Waals surface area (Å²) in [6.07, 6.45) is 0.416. The van der Waals surface area contributed by atoms with E-state index >= 15 is 0 Å². The zero-order chi connectivity index (χ0) is 14.3. The smallest absolute Gasteiger partial charge is 0.270 e. The molecule has 0 bridgehead atoms. The average molecular weight is 282 g/mol. The highest BCUT2D eigenvalue weighted by Gasteiger charge is 2.11. The van der Waals surface area contributed by atoms with Gasteiger partial charge < -0.3 is 4.90 Å². The lowest BCUT2D eigenvalue weighted by Crippen LogP contribution is -2.15. The highest BCUT2D eigenvalue weighted by molar-refractivity contribution is 7.99. The van der Waals surface area contributed by atoms with Crippen LogP contribution in [0.15, 0.2) is 24.3 Å². The van der Waals surface area contributed by atoms with Gasteiger partial charge in [-0.2, -0.15) is 11.8 Å². The molecule has 0 unspecified atom stereocenters. The first-order chi connectivity index (χ1) is 9.00. The summed E-state index contributed by atoms with van der Waals surface area (Å²) in [5.41, 5.74) is 0.383. The zero-order valence-electron chi connectivity index (χ0n) is 11.2. The Balaban J connectivity index is 2.41. The van der Waals surface area contributed by atoms with Gasteiger partial charge in [0.1, 0.15) is 0 Å². The first kappa shape index (κ1) is 15.7. The average Bonchev–Trinajstić information content (AvgIpc) is 2.37. The molecule has 0 fully saturated rings. The fourth-order valence-electron chi connectivity index (χ4n) is 1.45. The van der Waals surface area contributed by atoms with Crippen LogP contribution in [0.1, 0.15) is 16.8 Å². The van der Waals surface area contributed by atoms with Crippen molar-refractivity contribution in [3.8, 4) is 0 Å². The van der Waals surface area contributed by atoms with E-state index in [1.807, 2.05) is 14.1 Å². The Morgan fingerprint density at radius 1 is 1.37 bits per heavy atom. The van der Waals surface area contributed by atoms with E-state index in [9.17, 15) is 14.9 Å². The van der Waals surface area contributed by atoms with Crippen molar-refractivity contribution in [3.63, 3.8) is 0 Å². The number of thioether (sulfide) groups is 1. The number of nitro groups is 1. The Bertz CT molecular complexity index is 449. The first-order valence-corrected chi connectivity index (χ1v) is 7.16. The number of Topliss-reactive ketones (excluding diaryl/α,β-unsaturated/α-hetero) is 1. The Kier molecular flexibility index (Phi) is 6.52. The predicted octanol–water partition coefficient (Wildman–Crippen LogP) is 2.46. The van der Waals surface area contributed by atoms with Gasteiger partial charge in [-0.15, -0.1) is 0 Å². The van der Waals surface area contributed by atoms with Gasteiger partial charge in [0.05, 0.1) is 4.92 Å². The summed E-state index contributed by atoms with van der Waals surface area (Å²) in [6.45, 7) is 0.982. The van der Waals surface area contributed by atoms with Crippen LogP contribution in [0, 0.1) is 10.1 Å². The van der Waals surface area contributed by atoms with Gasteiger partial charge in [0.2, 0.25) is 0 Å². The van der Waals surface area contributed by atoms with Crippen LogP contribution in [-0.2, 0) is 0 Å². The summed E-state index contributed by atoms with van der Waals surface area (Å²) < 4.78 is 0. The molecule has 0 saturated carbocycles. The van der Waals surface area contributed by atoms with Crippen molar-refractivity contribution in [3.05, 3.63) is 39.9 Å². The molecule has 0 spiro atoms. The molecule has 0 aliphatic rings. The number of hydrogen-bond donors (Lipinski definition) is 0. The second-order valence-corrected chi connectivity index (χ2v) is 5.62. The van der Waals surface area contributed by atoms with Crippen LogP contribution in [0.4, 0.5) is 5.69 Å². The van der Waals surface area contributed by atoms with Crippen LogP contribution < -0.4 is 0 Å². The molecule has 0 heterocycles. The number of carbonyl (C=O) groups is 1. The molecule has 0 amide bonds. The predicted molar refractivity (Wildman–Crippen MR) is 77.9 cm³/mol. The Morgan fingerprint density at radius 3 is 2.74 bits per heavy atom. The highest BCUT2D eigenvalue weighted by Crippen LogP contribution is 2.15. The molecule has 5 nitrogen and oxygen atoms in total. The molecule has 19 heavy (non-hydrogen) atoms. The van der Waals surface area contributed by atoms with Crippen molar-refractivity contribution >= 4 is 23.2 Å². The lowest BCUT2D eigenvalue weighted by molar-refractivity contribution is -0.384. The molecule has 1 aromatic carbocycles. The Morgan fingerprint density at radius 2 is 2.11 bits per heavy atom. The van der Waals surface area contributed by atoms with Crippen LogP contribution in [0.2, 0.25) is 0 Å². The van der Waals surface area contributed by atoms with Crippen LogP contribution in [-0.4, -0.2) is 47.8 Å². The quantitative estimate of drug-likeness (QED) is 0.317. The summed E-state index contributed by atoms with van der Waals surface area (Å²) in [7, 11) is 4.02. The van der Waals surface area contributed by atoms with Crippen molar-refractivity contribution < 1.29 is 9.72 Å². The fraction of sp³-hybridized carbons (Fsp3) is 0.462. The molecule has 0 saturated heterocycles. The van der Waals surface area contributed by atoms with Gasteiger partial charge in [-0.3, -0.25) is 14.9 Å². The molecule has 1 aromatic rings. The second-order valence-electron chi connectivity index (χ2n) is 4.40. The SMILES string of the molecule is CN(C)CCSCCC(=O)c1cccc([N+](=O)[O-])c1. The van der Waals surface area contributed by atoms with Crippen LogP contribution >= 0.6 is 11.8 Å². The molecular weight excluding hydrogens is 264 g/mol. The first-order valence-electron chi connectivity index (χ1n) is 6.01. The van der Waals surface area contributed by atoms with Gasteiger partial charge in [0.15, 0.2) is 5.78 Å². The molecule has 0 aliphatic carbocycles. The van der Waals surface area contributed by atoms with Crippen LogP contribution in [0.5, 0.6) is 0 Å². The third-order valence-electron chi connectivity index (χ3n) is 2.54. The number of nitrogens with zero attached hydrogens (tertiary/aromatic N) is 2. The molecule has 0 N–H and O–H groups in total. The third kappa shape index (κ3) is 5.85. The van der Waals surface area contributed by atoms with Gasteiger partial charge >= 0.3 is 0 Å². The Labute approximate surface area is 117 Å². The highest BCUT2D eigenvalue weighted by atomic mass is 32.2. The van der Waals surface area contributed by atoms with Gasteiger partial charge in [-0.05, 0) is 14.1 Å². The van der Waals surface area contributed by atoms with E-state index in [0.29, 0.717) is 12.0 Å². The van der Waals surface area contributed by atoms with Crippen molar-refractivity contribution in [1.29, 1.82) is 0 Å². The zero-order valence-corrected chi connectivity index (χ0v) is 12.0. The standard InChI is InChI=1S/C13H18N2O3S/c1-14(2)7-9-19-8-6-13(16)11-4-3-5-12(10-11)15(17)18/h3-5,10H,6-9H2,1-2H3. The van der Waals surface area contributed by atoms with Gasteiger partial charge in [-0.1, -0.05) is 12.1 Å². The summed E-state index contributed by atoms with van der Waals surface area (Å²) in [6, 6.07) is 5.90. The molecule has 0 aromatic heterocycles. The lowest BCUT2D eigenvalue weighted by atomic mass is 10.1. The van der Waals surface area contributed by atoms with Crippen molar-refractivity contribution in [1.82, 2.24) is 4.90 Å². The van der Waals surface area contributed by atoms with Gasteiger partial charge in [0.25, 0.3) is 5.69 Å². The summed E-state index contributed by atoms with van der Waals surface area (Å²) >= 11 is 1.72. The molecular formula is C13H18N2O3S.